The van der Waals surface area contributed by atoms with Gasteiger partial charge in [-0.2, -0.15) is 0 Å². The Morgan fingerprint density at radius 3 is 2.00 bits per heavy atom. The first kappa shape index (κ1) is 31.5. The lowest BCUT2D eigenvalue weighted by atomic mass is 10.1. The summed E-state index contributed by atoms with van der Waals surface area (Å²) < 4.78 is 61.3. The molecule has 11 heteroatoms. The highest BCUT2D eigenvalue weighted by molar-refractivity contribution is 7.92. The van der Waals surface area contributed by atoms with E-state index in [9.17, 15) is 26.8 Å². The van der Waals surface area contributed by atoms with Gasteiger partial charge in [0, 0.05) is 13.1 Å². The fraction of sp³-hybridized carbons (Fsp3) is 0.333. The van der Waals surface area contributed by atoms with Crippen LogP contribution in [0.5, 0.6) is 5.75 Å². The van der Waals surface area contributed by atoms with Crippen molar-refractivity contribution in [1.29, 1.82) is 0 Å². The quantitative estimate of drug-likeness (QED) is 0.290. The Morgan fingerprint density at radius 1 is 0.878 bits per heavy atom. The van der Waals surface area contributed by atoms with Crippen LogP contribution >= 0.6 is 0 Å². The van der Waals surface area contributed by atoms with Crippen LogP contribution in [0, 0.1) is 11.6 Å². The third kappa shape index (κ3) is 8.26. The van der Waals surface area contributed by atoms with Crippen molar-refractivity contribution in [2.75, 3.05) is 24.0 Å². The summed E-state index contributed by atoms with van der Waals surface area (Å²) in [6.07, 6.45) is 0.942. The van der Waals surface area contributed by atoms with Crippen LogP contribution in [0.3, 0.4) is 0 Å². The number of rotatable bonds is 14. The van der Waals surface area contributed by atoms with Crippen molar-refractivity contribution < 1.29 is 31.5 Å². The second kappa shape index (κ2) is 14.6. The molecule has 0 aromatic heterocycles. The maximum absolute atomic E-state index is 13.9. The average molecular weight is 588 g/mol. The van der Waals surface area contributed by atoms with E-state index in [4.69, 9.17) is 4.74 Å². The number of benzene rings is 3. The predicted octanol–water partition coefficient (Wildman–Crippen LogP) is 4.89. The van der Waals surface area contributed by atoms with Gasteiger partial charge in [-0.3, -0.25) is 13.9 Å². The van der Waals surface area contributed by atoms with E-state index in [0.29, 0.717) is 30.9 Å². The van der Waals surface area contributed by atoms with Crippen LogP contribution < -0.4 is 14.4 Å². The fourth-order valence-electron chi connectivity index (χ4n) is 4.21. The van der Waals surface area contributed by atoms with Crippen molar-refractivity contribution in [3.63, 3.8) is 0 Å². The molecule has 0 saturated carbocycles. The Balaban J connectivity index is 2.03. The molecule has 1 atom stereocenters. The normalized spacial score (nSPS) is 11.9. The minimum Gasteiger partial charge on any atom is -0.494 e. The molecule has 220 valence electrons. The maximum Gasteiger partial charge on any atom is 0.264 e. The molecular formula is C30H35F2N3O5S. The van der Waals surface area contributed by atoms with E-state index < -0.39 is 40.2 Å². The Labute approximate surface area is 240 Å². The van der Waals surface area contributed by atoms with Crippen molar-refractivity contribution in [2.45, 2.75) is 51.1 Å². The molecule has 1 N–H and O–H groups in total. The molecule has 0 heterocycles. The first-order valence-corrected chi connectivity index (χ1v) is 14.9. The summed E-state index contributed by atoms with van der Waals surface area (Å²) in [6.45, 7) is 5.52. The summed E-state index contributed by atoms with van der Waals surface area (Å²) in [4.78, 5) is 28.2. The molecule has 8 nitrogen and oxygen atoms in total. The largest absolute Gasteiger partial charge is 0.494 e. The van der Waals surface area contributed by atoms with Gasteiger partial charge >= 0.3 is 0 Å². The van der Waals surface area contributed by atoms with E-state index in [1.165, 1.54) is 65.6 Å². The number of ether oxygens (including phenoxy) is 1. The molecular weight excluding hydrogens is 552 g/mol. The van der Waals surface area contributed by atoms with Gasteiger partial charge in [0.05, 0.1) is 17.2 Å². The minimum atomic E-state index is -4.31. The van der Waals surface area contributed by atoms with E-state index >= 15 is 0 Å². The lowest BCUT2D eigenvalue weighted by Gasteiger charge is -2.33. The third-order valence-corrected chi connectivity index (χ3v) is 8.11. The van der Waals surface area contributed by atoms with Crippen molar-refractivity contribution in [3.8, 4) is 5.75 Å². The maximum atomic E-state index is 13.9. The summed E-state index contributed by atoms with van der Waals surface area (Å²) in [6, 6.07) is 15.1. The van der Waals surface area contributed by atoms with Gasteiger partial charge in [-0.15, -0.1) is 0 Å². The van der Waals surface area contributed by atoms with Gasteiger partial charge in [0.2, 0.25) is 11.8 Å². The average Bonchev–Trinajstić information content (AvgIpc) is 2.96. The minimum absolute atomic E-state index is 0.0580. The van der Waals surface area contributed by atoms with Crippen molar-refractivity contribution in [2.24, 2.45) is 0 Å². The number of nitrogens with one attached hydrogen (secondary N) is 1. The van der Waals surface area contributed by atoms with Gasteiger partial charge in [0.15, 0.2) is 0 Å². The first-order valence-electron chi connectivity index (χ1n) is 13.4. The van der Waals surface area contributed by atoms with Crippen LogP contribution in [0.2, 0.25) is 0 Å². The zero-order valence-corrected chi connectivity index (χ0v) is 24.2. The zero-order chi connectivity index (χ0) is 30.0. The number of sulfonamides is 1. The second-order valence-electron chi connectivity index (χ2n) is 9.26. The first-order chi connectivity index (χ1) is 19.6. The molecule has 0 aliphatic rings. The summed E-state index contributed by atoms with van der Waals surface area (Å²) in [7, 11) is -4.31. The number of hydrogen-bond acceptors (Lipinski definition) is 5. The number of amides is 2. The van der Waals surface area contributed by atoms with Crippen molar-refractivity contribution in [1.82, 2.24) is 10.2 Å². The molecule has 0 saturated heterocycles. The summed E-state index contributed by atoms with van der Waals surface area (Å²) in [5.74, 6) is -1.59. The van der Waals surface area contributed by atoms with Gasteiger partial charge in [0.1, 0.15) is 30.0 Å². The monoisotopic (exact) mass is 587 g/mol. The summed E-state index contributed by atoms with van der Waals surface area (Å²) in [5.41, 5.74) is 0.628. The lowest BCUT2D eigenvalue weighted by Crippen LogP contribution is -2.52. The van der Waals surface area contributed by atoms with Gasteiger partial charge in [-0.05, 0) is 86.0 Å². The molecule has 0 radical (unpaired) electrons. The van der Waals surface area contributed by atoms with E-state index in [1.54, 1.807) is 13.8 Å². The number of hydrogen-bond donors (Lipinski definition) is 1. The molecule has 0 aliphatic carbocycles. The third-order valence-electron chi connectivity index (χ3n) is 6.32. The van der Waals surface area contributed by atoms with Crippen LogP contribution in [-0.4, -0.2) is 50.9 Å². The Kier molecular flexibility index (Phi) is 11.2. The molecule has 2 amide bonds. The highest BCUT2D eigenvalue weighted by atomic mass is 32.2. The zero-order valence-electron chi connectivity index (χ0n) is 23.3. The molecule has 3 rings (SSSR count). The van der Waals surface area contributed by atoms with Crippen molar-refractivity contribution >= 4 is 27.5 Å². The predicted molar refractivity (Wildman–Crippen MR) is 153 cm³/mol. The molecule has 0 spiro atoms. The molecule has 0 fully saturated rings. The summed E-state index contributed by atoms with van der Waals surface area (Å²) >= 11 is 0. The number of halogens is 2. The molecule has 3 aromatic rings. The second-order valence-corrected chi connectivity index (χ2v) is 11.1. The Hall–Kier alpha value is -3.99. The highest BCUT2D eigenvalue weighted by Gasteiger charge is 2.33. The van der Waals surface area contributed by atoms with E-state index in [0.717, 1.165) is 16.4 Å². The van der Waals surface area contributed by atoms with Gasteiger partial charge in [-0.1, -0.05) is 26.0 Å². The molecule has 0 aliphatic heterocycles. The standard InChI is InChI=1S/C30H35F2N3O5S/c1-4-19-33-30(37)28(5-2)34(20-22-7-9-23(31)10-8-22)29(36)21-35(25-13-11-24(32)12-14-25)41(38,39)27-17-15-26(16-18-27)40-6-3/h7-18,28H,4-6,19-21H2,1-3H3,(H,33,37). The van der Waals surface area contributed by atoms with Crippen LogP contribution in [0.1, 0.15) is 39.2 Å². The van der Waals surface area contributed by atoms with Gasteiger partial charge in [0.25, 0.3) is 10.0 Å². The Bertz CT molecular complexity index is 1400. The fourth-order valence-corrected chi connectivity index (χ4v) is 5.62. The van der Waals surface area contributed by atoms with E-state index in [2.05, 4.69) is 5.32 Å². The molecule has 0 bridgehead atoms. The Morgan fingerprint density at radius 2 is 1.46 bits per heavy atom. The van der Waals surface area contributed by atoms with Crippen LogP contribution in [0.4, 0.5) is 14.5 Å². The number of carbonyl (C=O) groups excluding carboxylic acids is 2. The topological polar surface area (TPSA) is 96.0 Å². The highest BCUT2D eigenvalue weighted by Crippen LogP contribution is 2.26. The molecule has 41 heavy (non-hydrogen) atoms. The van der Waals surface area contributed by atoms with Crippen LogP contribution in [0.25, 0.3) is 0 Å². The SMILES string of the molecule is CCCNC(=O)C(CC)N(Cc1ccc(F)cc1)C(=O)CN(c1ccc(F)cc1)S(=O)(=O)c1ccc(OCC)cc1. The van der Waals surface area contributed by atoms with Crippen LogP contribution in [-0.2, 0) is 26.2 Å². The van der Waals surface area contributed by atoms with E-state index in [1.807, 2.05) is 6.92 Å². The molecule has 1 unspecified atom stereocenters. The smallest absolute Gasteiger partial charge is 0.264 e. The number of nitrogens with zero attached hydrogens (tertiary/aromatic N) is 2. The van der Waals surface area contributed by atoms with Gasteiger partial charge in [-0.25, -0.2) is 17.2 Å². The lowest BCUT2D eigenvalue weighted by molar-refractivity contribution is -0.140. The summed E-state index contributed by atoms with van der Waals surface area (Å²) in [5, 5.41) is 2.80. The van der Waals surface area contributed by atoms with Gasteiger partial charge < -0.3 is 15.0 Å². The molecule has 3 aromatic carbocycles. The number of carbonyl (C=O) groups is 2. The number of anilines is 1. The van der Waals surface area contributed by atoms with E-state index in [-0.39, 0.29) is 29.5 Å². The van der Waals surface area contributed by atoms with Crippen LogP contribution in [0.15, 0.2) is 77.7 Å². The van der Waals surface area contributed by atoms with Crippen molar-refractivity contribution in [3.05, 3.63) is 90.0 Å².